The van der Waals surface area contributed by atoms with Crippen LogP contribution in [0.2, 0.25) is 0 Å². The smallest absolute Gasteiger partial charge is 0.408 e. The molecule has 1 aromatic rings. The van der Waals surface area contributed by atoms with E-state index in [9.17, 15) is 9.59 Å². The summed E-state index contributed by atoms with van der Waals surface area (Å²) >= 11 is 0. The van der Waals surface area contributed by atoms with E-state index in [0.29, 0.717) is 31.5 Å². The van der Waals surface area contributed by atoms with E-state index < -0.39 is 17.7 Å². The van der Waals surface area contributed by atoms with Crippen molar-refractivity contribution in [2.24, 2.45) is 5.92 Å². The quantitative estimate of drug-likeness (QED) is 0.914. The standard InChI is InChI=1S/C19H25N3O3/c1-19(2,3)25-18(24)21-16(15-7-5-4-6-8-15)17(23)22-11-9-14(13-20)10-12-22/h4-8,14,16H,9-12H2,1-3H3,(H,21,24). The van der Waals surface area contributed by atoms with Gasteiger partial charge in [-0.05, 0) is 39.2 Å². The van der Waals surface area contributed by atoms with Crippen LogP contribution in [-0.4, -0.2) is 35.6 Å². The van der Waals surface area contributed by atoms with Crippen molar-refractivity contribution in [3.8, 4) is 6.07 Å². The van der Waals surface area contributed by atoms with E-state index in [0.717, 1.165) is 0 Å². The van der Waals surface area contributed by atoms with Gasteiger partial charge in [0, 0.05) is 19.0 Å². The summed E-state index contributed by atoms with van der Waals surface area (Å²) in [4.78, 5) is 26.9. The molecule has 134 valence electrons. The highest BCUT2D eigenvalue weighted by Gasteiger charge is 2.31. The van der Waals surface area contributed by atoms with E-state index in [-0.39, 0.29) is 11.8 Å². The lowest BCUT2D eigenvalue weighted by Gasteiger charge is -2.32. The minimum atomic E-state index is -0.797. The van der Waals surface area contributed by atoms with Crippen LogP contribution in [0.4, 0.5) is 4.79 Å². The molecule has 1 unspecified atom stereocenters. The molecule has 6 heteroatoms. The molecule has 2 amide bonds. The van der Waals surface area contributed by atoms with Gasteiger partial charge in [-0.15, -0.1) is 0 Å². The Bertz CT molecular complexity index is 638. The summed E-state index contributed by atoms with van der Waals surface area (Å²) in [5, 5.41) is 11.7. The summed E-state index contributed by atoms with van der Waals surface area (Å²) < 4.78 is 5.30. The van der Waals surface area contributed by atoms with Crippen LogP contribution in [0.1, 0.15) is 45.2 Å². The predicted molar refractivity (Wildman–Crippen MR) is 93.5 cm³/mol. The Balaban J connectivity index is 2.13. The fraction of sp³-hybridized carbons (Fsp3) is 0.526. The van der Waals surface area contributed by atoms with Crippen LogP contribution in [0.3, 0.4) is 0 Å². The number of alkyl carbamates (subject to hydrolysis) is 1. The summed E-state index contributed by atoms with van der Waals surface area (Å²) in [7, 11) is 0. The number of rotatable bonds is 3. The molecule has 1 saturated heterocycles. The molecule has 1 heterocycles. The number of hydrogen-bond donors (Lipinski definition) is 1. The Labute approximate surface area is 148 Å². The van der Waals surface area contributed by atoms with Gasteiger partial charge in [-0.1, -0.05) is 30.3 Å². The van der Waals surface area contributed by atoms with E-state index in [1.165, 1.54) is 0 Å². The molecule has 6 nitrogen and oxygen atoms in total. The number of amides is 2. The molecule has 2 rings (SSSR count). The van der Waals surface area contributed by atoms with Crippen LogP contribution in [0.15, 0.2) is 30.3 Å². The lowest BCUT2D eigenvalue weighted by atomic mass is 9.97. The molecule has 0 radical (unpaired) electrons. The van der Waals surface area contributed by atoms with Gasteiger partial charge in [-0.25, -0.2) is 4.79 Å². The zero-order valence-electron chi connectivity index (χ0n) is 15.0. The van der Waals surface area contributed by atoms with E-state index in [1.807, 2.05) is 30.3 Å². The van der Waals surface area contributed by atoms with Crippen LogP contribution in [0.5, 0.6) is 0 Å². The molecular weight excluding hydrogens is 318 g/mol. The molecule has 1 atom stereocenters. The SMILES string of the molecule is CC(C)(C)OC(=O)NC(C(=O)N1CCC(C#N)CC1)c1ccccc1. The van der Waals surface area contributed by atoms with Crippen LogP contribution in [-0.2, 0) is 9.53 Å². The highest BCUT2D eigenvalue weighted by molar-refractivity contribution is 5.87. The van der Waals surface area contributed by atoms with Crippen molar-refractivity contribution in [3.63, 3.8) is 0 Å². The second kappa shape index (κ2) is 8.02. The van der Waals surface area contributed by atoms with Gasteiger partial charge in [0.1, 0.15) is 11.6 Å². The van der Waals surface area contributed by atoms with Crippen LogP contribution >= 0.6 is 0 Å². The van der Waals surface area contributed by atoms with Crippen LogP contribution in [0.25, 0.3) is 0 Å². The van der Waals surface area contributed by atoms with Crippen molar-refractivity contribution in [2.45, 2.75) is 45.3 Å². The Morgan fingerprint density at radius 1 is 1.24 bits per heavy atom. The Morgan fingerprint density at radius 3 is 2.36 bits per heavy atom. The fourth-order valence-corrected chi connectivity index (χ4v) is 2.77. The normalized spacial score (nSPS) is 16.6. The average Bonchev–Trinajstić information content (AvgIpc) is 2.58. The second-order valence-electron chi connectivity index (χ2n) is 7.22. The molecule has 1 aromatic carbocycles. The molecule has 0 aromatic heterocycles. The summed E-state index contributed by atoms with van der Waals surface area (Å²) in [5.41, 5.74) is 0.0697. The molecule has 25 heavy (non-hydrogen) atoms. The number of nitriles is 1. The van der Waals surface area contributed by atoms with Gasteiger partial charge in [0.05, 0.1) is 6.07 Å². The lowest BCUT2D eigenvalue weighted by Crippen LogP contribution is -2.47. The number of hydrogen-bond acceptors (Lipinski definition) is 4. The van der Waals surface area contributed by atoms with Gasteiger partial charge < -0.3 is 15.0 Å². The highest BCUT2D eigenvalue weighted by Crippen LogP contribution is 2.22. The Kier molecular flexibility index (Phi) is 6.02. The number of piperidine rings is 1. The van der Waals surface area contributed by atoms with E-state index >= 15 is 0 Å². The maximum absolute atomic E-state index is 13.0. The fourth-order valence-electron chi connectivity index (χ4n) is 2.77. The van der Waals surface area contributed by atoms with Crippen molar-refractivity contribution in [2.75, 3.05) is 13.1 Å². The maximum Gasteiger partial charge on any atom is 0.408 e. The largest absolute Gasteiger partial charge is 0.444 e. The van der Waals surface area contributed by atoms with E-state index in [2.05, 4.69) is 11.4 Å². The average molecular weight is 343 g/mol. The number of carbonyl (C=O) groups is 2. The molecule has 0 bridgehead atoms. The van der Waals surface area contributed by atoms with Crippen molar-refractivity contribution < 1.29 is 14.3 Å². The summed E-state index contributed by atoms with van der Waals surface area (Å²) in [6.45, 7) is 6.38. The van der Waals surface area contributed by atoms with Gasteiger partial charge in [0.15, 0.2) is 0 Å². The first-order chi connectivity index (χ1) is 11.8. The van der Waals surface area contributed by atoms with Gasteiger partial charge in [0.2, 0.25) is 5.91 Å². The lowest BCUT2D eigenvalue weighted by molar-refractivity contribution is -0.134. The maximum atomic E-state index is 13.0. The summed E-state index contributed by atoms with van der Waals surface area (Å²) in [6, 6.07) is 10.6. The monoisotopic (exact) mass is 343 g/mol. The molecule has 1 N–H and O–H groups in total. The Morgan fingerprint density at radius 2 is 1.84 bits per heavy atom. The Hall–Kier alpha value is -2.55. The third kappa shape index (κ3) is 5.49. The molecule has 1 aliphatic heterocycles. The van der Waals surface area contributed by atoms with Crippen LogP contribution in [0, 0.1) is 17.2 Å². The zero-order valence-corrected chi connectivity index (χ0v) is 15.0. The van der Waals surface area contributed by atoms with E-state index in [1.54, 1.807) is 25.7 Å². The summed E-state index contributed by atoms with van der Waals surface area (Å²) in [5.74, 6) is -0.175. The zero-order chi connectivity index (χ0) is 18.4. The van der Waals surface area contributed by atoms with Gasteiger partial charge in [-0.2, -0.15) is 5.26 Å². The number of likely N-dealkylation sites (tertiary alicyclic amines) is 1. The minimum Gasteiger partial charge on any atom is -0.444 e. The molecule has 0 aliphatic carbocycles. The first kappa shape index (κ1) is 18.8. The van der Waals surface area contributed by atoms with Gasteiger partial charge >= 0.3 is 6.09 Å². The number of nitrogens with zero attached hydrogens (tertiary/aromatic N) is 2. The number of ether oxygens (including phenoxy) is 1. The molecule has 1 aliphatic rings. The number of carbonyl (C=O) groups excluding carboxylic acids is 2. The van der Waals surface area contributed by atoms with Crippen molar-refractivity contribution in [1.82, 2.24) is 10.2 Å². The number of benzene rings is 1. The first-order valence-electron chi connectivity index (χ1n) is 8.53. The topological polar surface area (TPSA) is 82.4 Å². The first-order valence-corrected chi connectivity index (χ1v) is 8.53. The highest BCUT2D eigenvalue weighted by atomic mass is 16.6. The minimum absolute atomic E-state index is 0.00181. The van der Waals surface area contributed by atoms with Gasteiger partial charge in [0.25, 0.3) is 0 Å². The molecule has 1 fully saturated rings. The third-order valence-electron chi connectivity index (χ3n) is 4.03. The van der Waals surface area contributed by atoms with Gasteiger partial charge in [-0.3, -0.25) is 4.79 Å². The van der Waals surface area contributed by atoms with Crippen molar-refractivity contribution in [3.05, 3.63) is 35.9 Å². The molecule has 0 saturated carbocycles. The number of nitrogens with one attached hydrogen (secondary N) is 1. The van der Waals surface area contributed by atoms with E-state index in [4.69, 9.17) is 10.00 Å². The molecule has 0 spiro atoms. The second-order valence-corrected chi connectivity index (χ2v) is 7.22. The van der Waals surface area contributed by atoms with Crippen molar-refractivity contribution >= 4 is 12.0 Å². The third-order valence-corrected chi connectivity index (χ3v) is 4.03. The van der Waals surface area contributed by atoms with Crippen LogP contribution < -0.4 is 5.32 Å². The predicted octanol–water partition coefficient (Wildman–Crippen LogP) is 3.01. The molecular formula is C19H25N3O3. The van der Waals surface area contributed by atoms with Crippen molar-refractivity contribution in [1.29, 1.82) is 5.26 Å². The summed E-state index contributed by atoms with van der Waals surface area (Å²) in [6.07, 6.45) is 0.702.